The van der Waals surface area contributed by atoms with Crippen molar-refractivity contribution in [1.82, 2.24) is 9.88 Å². The van der Waals surface area contributed by atoms with Crippen LogP contribution in [0.25, 0.3) is 0 Å². The molecule has 0 bridgehead atoms. The predicted octanol–water partition coefficient (Wildman–Crippen LogP) is 3.35. The average molecular weight is 407 g/mol. The molecule has 3 amide bonds. The molecule has 1 N–H and O–H groups in total. The number of anilines is 2. The first-order valence-corrected chi connectivity index (χ1v) is 9.75. The molecule has 1 aromatic heterocycles. The average Bonchev–Trinajstić information content (AvgIpc) is 3.34. The maximum atomic E-state index is 12.9. The minimum atomic E-state index is -0.288. The minimum absolute atomic E-state index is 0.0493. The normalized spacial score (nSPS) is 20.9. The van der Waals surface area contributed by atoms with Crippen LogP contribution in [0, 0.1) is 0 Å². The number of likely N-dealkylation sites (tertiary alicyclic amines) is 1. The van der Waals surface area contributed by atoms with Crippen molar-refractivity contribution in [3.8, 4) is 5.06 Å². The van der Waals surface area contributed by atoms with Crippen molar-refractivity contribution in [2.45, 2.75) is 18.8 Å². The Morgan fingerprint density at radius 3 is 2.85 bits per heavy atom. The molecule has 1 aromatic carbocycles. The van der Waals surface area contributed by atoms with E-state index < -0.39 is 0 Å². The number of carbonyl (C=O) groups excluding carboxylic acids is 2. The van der Waals surface area contributed by atoms with Gasteiger partial charge in [-0.25, -0.2) is 9.78 Å². The molecule has 2 aromatic rings. The van der Waals surface area contributed by atoms with E-state index in [1.807, 2.05) is 17.0 Å². The number of fused-ring (bicyclic) bond motifs is 2. The Bertz CT molecular complexity index is 918. The van der Waals surface area contributed by atoms with Crippen molar-refractivity contribution < 1.29 is 14.3 Å². The van der Waals surface area contributed by atoms with Crippen LogP contribution in [0.3, 0.4) is 0 Å². The van der Waals surface area contributed by atoms with Crippen molar-refractivity contribution in [1.29, 1.82) is 0 Å². The first kappa shape index (κ1) is 18.1. The standard InChI is InChI=1S/C18H19ClN4O3S/c1-11(24)22-6-5-18(9-22)10-23(14-4-3-12(19)7-13(14)18)17(25)21-16-20-8-15(26-2)27-16/h3-4,7-8H,5-6,9-10H2,1-2H3,(H,20,21,25). The van der Waals surface area contributed by atoms with Gasteiger partial charge in [-0.3, -0.25) is 15.0 Å². The fraction of sp³-hybridized carbons (Fsp3) is 0.389. The second-order valence-corrected chi connectivity index (χ2v) is 8.27. The number of amides is 3. The van der Waals surface area contributed by atoms with Gasteiger partial charge >= 0.3 is 6.03 Å². The minimum Gasteiger partial charge on any atom is -0.486 e. The van der Waals surface area contributed by atoms with Gasteiger partial charge in [-0.1, -0.05) is 22.9 Å². The van der Waals surface area contributed by atoms with Crippen LogP contribution in [-0.4, -0.2) is 48.6 Å². The highest BCUT2D eigenvalue weighted by molar-refractivity contribution is 7.17. The second-order valence-electron chi connectivity index (χ2n) is 6.84. The number of urea groups is 1. The zero-order valence-electron chi connectivity index (χ0n) is 15.0. The molecular formula is C18H19ClN4O3S. The number of carbonyl (C=O) groups is 2. The molecule has 0 aliphatic carbocycles. The number of ether oxygens (including phenoxy) is 1. The number of nitrogens with one attached hydrogen (secondary N) is 1. The molecule has 142 valence electrons. The van der Waals surface area contributed by atoms with Crippen LogP contribution in [0.2, 0.25) is 5.02 Å². The SMILES string of the molecule is COc1cnc(NC(=O)N2CC3(CCN(C(C)=O)C3)c3cc(Cl)ccc32)s1. The van der Waals surface area contributed by atoms with Gasteiger partial charge in [-0.05, 0) is 30.2 Å². The van der Waals surface area contributed by atoms with E-state index in [2.05, 4.69) is 10.3 Å². The van der Waals surface area contributed by atoms with Gasteiger partial charge in [0.25, 0.3) is 0 Å². The van der Waals surface area contributed by atoms with Crippen molar-refractivity contribution in [3.05, 3.63) is 35.0 Å². The maximum Gasteiger partial charge on any atom is 0.328 e. The van der Waals surface area contributed by atoms with E-state index in [4.69, 9.17) is 16.3 Å². The van der Waals surface area contributed by atoms with E-state index in [-0.39, 0.29) is 17.4 Å². The van der Waals surface area contributed by atoms with Gasteiger partial charge in [-0.2, -0.15) is 0 Å². The summed E-state index contributed by atoms with van der Waals surface area (Å²) >= 11 is 7.50. The zero-order valence-corrected chi connectivity index (χ0v) is 16.6. The number of benzene rings is 1. The first-order valence-electron chi connectivity index (χ1n) is 8.56. The Labute approximate surface area is 165 Å². The third-order valence-corrected chi connectivity index (χ3v) is 6.33. The maximum absolute atomic E-state index is 12.9. The molecule has 2 aliphatic heterocycles. The molecule has 4 rings (SSSR count). The van der Waals surface area contributed by atoms with Crippen molar-refractivity contribution in [3.63, 3.8) is 0 Å². The highest BCUT2D eigenvalue weighted by Gasteiger charge is 2.49. The molecule has 1 spiro atoms. The number of methoxy groups -OCH3 is 1. The van der Waals surface area contributed by atoms with Gasteiger partial charge in [0.1, 0.15) is 0 Å². The molecule has 1 saturated heterocycles. The van der Waals surface area contributed by atoms with Crippen LogP contribution in [0.15, 0.2) is 24.4 Å². The van der Waals surface area contributed by atoms with Crippen LogP contribution in [0.5, 0.6) is 5.06 Å². The Hall–Kier alpha value is -2.32. The molecule has 27 heavy (non-hydrogen) atoms. The molecule has 1 unspecified atom stereocenters. The fourth-order valence-electron chi connectivity index (χ4n) is 3.88. The lowest BCUT2D eigenvalue weighted by Gasteiger charge is -2.25. The van der Waals surface area contributed by atoms with Crippen LogP contribution < -0.4 is 15.0 Å². The van der Waals surface area contributed by atoms with Gasteiger partial charge in [-0.15, -0.1) is 0 Å². The molecule has 3 heterocycles. The lowest BCUT2D eigenvalue weighted by atomic mass is 9.81. The van der Waals surface area contributed by atoms with Crippen molar-refractivity contribution >= 4 is 45.7 Å². The van der Waals surface area contributed by atoms with E-state index in [0.717, 1.165) is 17.7 Å². The molecule has 0 saturated carbocycles. The summed E-state index contributed by atoms with van der Waals surface area (Å²) in [4.78, 5) is 32.5. The summed E-state index contributed by atoms with van der Waals surface area (Å²) in [5.74, 6) is 0.0493. The van der Waals surface area contributed by atoms with Crippen molar-refractivity contribution in [2.24, 2.45) is 0 Å². The van der Waals surface area contributed by atoms with Crippen LogP contribution >= 0.6 is 22.9 Å². The lowest BCUT2D eigenvalue weighted by Crippen LogP contribution is -2.41. The Morgan fingerprint density at radius 1 is 1.37 bits per heavy atom. The van der Waals surface area contributed by atoms with E-state index in [9.17, 15) is 9.59 Å². The first-order chi connectivity index (χ1) is 12.9. The van der Waals surface area contributed by atoms with Crippen LogP contribution in [-0.2, 0) is 10.2 Å². The van der Waals surface area contributed by atoms with E-state index in [0.29, 0.717) is 34.9 Å². The third-order valence-electron chi connectivity index (χ3n) is 5.23. The van der Waals surface area contributed by atoms with Gasteiger partial charge in [0.05, 0.1) is 13.3 Å². The monoisotopic (exact) mass is 406 g/mol. The summed E-state index contributed by atoms with van der Waals surface area (Å²) < 4.78 is 5.12. The number of halogens is 1. The van der Waals surface area contributed by atoms with Crippen LogP contribution in [0.4, 0.5) is 15.6 Å². The number of rotatable bonds is 2. The molecule has 9 heteroatoms. The van der Waals surface area contributed by atoms with Gasteiger partial charge in [0.15, 0.2) is 10.2 Å². The molecule has 2 aliphatic rings. The number of aromatic nitrogens is 1. The Balaban J connectivity index is 1.63. The summed E-state index contributed by atoms with van der Waals surface area (Å²) in [6.45, 7) is 3.35. The molecular weight excluding hydrogens is 388 g/mol. The highest BCUT2D eigenvalue weighted by Crippen LogP contribution is 2.47. The van der Waals surface area contributed by atoms with E-state index in [1.165, 1.54) is 11.3 Å². The summed E-state index contributed by atoms with van der Waals surface area (Å²) in [7, 11) is 1.56. The molecule has 7 nitrogen and oxygen atoms in total. The third kappa shape index (κ3) is 3.12. The smallest absolute Gasteiger partial charge is 0.328 e. The topological polar surface area (TPSA) is 74.8 Å². The van der Waals surface area contributed by atoms with E-state index in [1.54, 1.807) is 31.2 Å². The lowest BCUT2D eigenvalue weighted by molar-refractivity contribution is -0.127. The summed E-state index contributed by atoms with van der Waals surface area (Å²) in [5, 5.41) is 4.57. The van der Waals surface area contributed by atoms with Crippen LogP contribution in [0.1, 0.15) is 18.9 Å². The summed E-state index contributed by atoms with van der Waals surface area (Å²) in [5.41, 5.74) is 1.56. The molecule has 0 radical (unpaired) electrons. The Kier molecular flexibility index (Phi) is 4.47. The highest BCUT2D eigenvalue weighted by atomic mass is 35.5. The Morgan fingerprint density at radius 2 is 2.19 bits per heavy atom. The molecule has 1 atom stereocenters. The largest absolute Gasteiger partial charge is 0.486 e. The van der Waals surface area contributed by atoms with Gasteiger partial charge < -0.3 is 9.64 Å². The van der Waals surface area contributed by atoms with Gasteiger partial charge in [0.2, 0.25) is 5.91 Å². The predicted molar refractivity (Wildman–Crippen MR) is 105 cm³/mol. The zero-order chi connectivity index (χ0) is 19.2. The second kappa shape index (κ2) is 6.69. The van der Waals surface area contributed by atoms with E-state index >= 15 is 0 Å². The molecule has 1 fully saturated rings. The number of thiazole rings is 1. The quantitative estimate of drug-likeness (QED) is 0.829. The fourth-order valence-corrected chi connectivity index (χ4v) is 4.68. The number of hydrogen-bond donors (Lipinski definition) is 1. The number of nitrogens with zero attached hydrogens (tertiary/aromatic N) is 3. The number of hydrogen-bond acceptors (Lipinski definition) is 5. The summed E-state index contributed by atoms with van der Waals surface area (Å²) in [6, 6.07) is 5.31. The summed E-state index contributed by atoms with van der Waals surface area (Å²) in [6.07, 6.45) is 2.37. The van der Waals surface area contributed by atoms with Gasteiger partial charge in [0, 0.05) is 42.7 Å². The van der Waals surface area contributed by atoms with Crippen molar-refractivity contribution in [2.75, 3.05) is 37.0 Å².